The van der Waals surface area contributed by atoms with Gasteiger partial charge in [-0.2, -0.15) is 0 Å². The van der Waals surface area contributed by atoms with Gasteiger partial charge in [-0.1, -0.05) is 6.42 Å². The maximum atomic E-state index is 4.57. The zero-order valence-electron chi connectivity index (χ0n) is 10.6. The van der Waals surface area contributed by atoms with E-state index in [1.807, 2.05) is 0 Å². The van der Waals surface area contributed by atoms with Crippen LogP contribution in [0.15, 0.2) is 5.38 Å². The Balaban J connectivity index is 1.58. The molecule has 0 aliphatic carbocycles. The van der Waals surface area contributed by atoms with Gasteiger partial charge in [0.1, 0.15) is 5.01 Å². The van der Waals surface area contributed by atoms with Gasteiger partial charge in [0, 0.05) is 36.8 Å². The first-order valence-electron chi connectivity index (χ1n) is 6.69. The molecular weight excluding hydrogens is 230 g/mol. The quantitative estimate of drug-likeness (QED) is 0.802. The molecule has 94 valence electrons. The molecule has 3 nitrogen and oxygen atoms in total. The van der Waals surface area contributed by atoms with Crippen molar-refractivity contribution in [3.8, 4) is 0 Å². The van der Waals surface area contributed by atoms with Crippen molar-refractivity contribution in [2.24, 2.45) is 0 Å². The van der Waals surface area contributed by atoms with E-state index in [2.05, 4.69) is 27.1 Å². The predicted octanol–water partition coefficient (Wildman–Crippen LogP) is 2.12. The molecule has 1 aromatic rings. The highest BCUT2D eigenvalue weighted by atomic mass is 32.1. The number of aryl methyl sites for hydroxylation is 1. The van der Waals surface area contributed by atoms with Crippen molar-refractivity contribution in [3.05, 3.63) is 16.1 Å². The van der Waals surface area contributed by atoms with Crippen molar-refractivity contribution in [2.45, 2.75) is 38.8 Å². The molecule has 0 N–H and O–H groups in total. The minimum atomic E-state index is 0.818. The molecule has 0 amide bonds. The van der Waals surface area contributed by atoms with Crippen LogP contribution in [0.4, 0.5) is 0 Å². The fourth-order valence-corrected chi connectivity index (χ4v) is 3.84. The lowest BCUT2D eigenvalue weighted by Crippen LogP contribution is -2.54. The summed E-state index contributed by atoms with van der Waals surface area (Å²) < 4.78 is 0. The number of thiazole rings is 1. The zero-order chi connectivity index (χ0) is 11.7. The van der Waals surface area contributed by atoms with Gasteiger partial charge in [0.15, 0.2) is 0 Å². The number of hydrogen-bond donors (Lipinski definition) is 0. The summed E-state index contributed by atoms with van der Waals surface area (Å²) in [5.74, 6) is 0. The van der Waals surface area contributed by atoms with Crippen LogP contribution >= 0.6 is 11.3 Å². The van der Waals surface area contributed by atoms with Gasteiger partial charge in [0.2, 0.25) is 0 Å². The second-order valence-electron chi connectivity index (χ2n) is 5.30. The van der Waals surface area contributed by atoms with Crippen molar-refractivity contribution in [1.82, 2.24) is 14.8 Å². The number of hydrogen-bond acceptors (Lipinski definition) is 4. The second kappa shape index (κ2) is 5.04. The molecule has 3 rings (SSSR count). The van der Waals surface area contributed by atoms with Crippen LogP contribution in [0.1, 0.15) is 30.0 Å². The minimum Gasteiger partial charge on any atom is -0.298 e. The Labute approximate surface area is 107 Å². The molecule has 1 unspecified atom stereocenters. The lowest BCUT2D eigenvalue weighted by molar-refractivity contribution is 0.0456. The van der Waals surface area contributed by atoms with Crippen molar-refractivity contribution in [2.75, 3.05) is 26.2 Å². The number of piperidine rings is 1. The van der Waals surface area contributed by atoms with E-state index < -0.39 is 0 Å². The smallest absolute Gasteiger partial charge is 0.107 e. The monoisotopic (exact) mass is 251 g/mol. The Kier molecular flexibility index (Phi) is 3.45. The molecule has 17 heavy (non-hydrogen) atoms. The number of piperazine rings is 1. The van der Waals surface area contributed by atoms with Gasteiger partial charge >= 0.3 is 0 Å². The molecule has 2 aliphatic heterocycles. The average Bonchev–Trinajstić information content (AvgIpc) is 2.75. The number of rotatable bonds is 2. The average molecular weight is 251 g/mol. The maximum absolute atomic E-state index is 4.57. The van der Waals surface area contributed by atoms with Crippen molar-refractivity contribution in [3.63, 3.8) is 0 Å². The Hall–Kier alpha value is -0.450. The largest absolute Gasteiger partial charge is 0.298 e. The molecule has 3 heterocycles. The predicted molar refractivity (Wildman–Crippen MR) is 71.3 cm³/mol. The van der Waals surface area contributed by atoms with E-state index in [4.69, 9.17) is 0 Å². The second-order valence-corrected chi connectivity index (χ2v) is 6.25. The highest BCUT2D eigenvalue weighted by Crippen LogP contribution is 2.22. The molecule has 4 heteroatoms. The molecule has 0 bridgehead atoms. The van der Waals surface area contributed by atoms with E-state index in [1.54, 1.807) is 11.3 Å². The SMILES string of the molecule is Cc1csc(CN2CCN3CCCCC3C2)n1. The van der Waals surface area contributed by atoms with Gasteiger partial charge in [-0.25, -0.2) is 4.98 Å². The maximum Gasteiger partial charge on any atom is 0.107 e. The fourth-order valence-electron chi connectivity index (χ4n) is 3.03. The highest BCUT2D eigenvalue weighted by molar-refractivity contribution is 7.09. The third-order valence-electron chi connectivity index (χ3n) is 3.95. The first-order chi connectivity index (χ1) is 8.31. The first-order valence-corrected chi connectivity index (χ1v) is 7.56. The standard InChI is InChI=1S/C13H21N3S/c1-11-10-17-13(14-11)9-15-6-7-16-5-3-2-4-12(16)8-15/h10,12H,2-9H2,1H3. The molecule has 0 spiro atoms. The van der Waals surface area contributed by atoms with Crippen molar-refractivity contribution < 1.29 is 0 Å². The summed E-state index contributed by atoms with van der Waals surface area (Å²) in [6, 6.07) is 0.818. The fraction of sp³-hybridized carbons (Fsp3) is 0.769. The summed E-state index contributed by atoms with van der Waals surface area (Å²) in [7, 11) is 0. The van der Waals surface area contributed by atoms with E-state index in [9.17, 15) is 0 Å². The van der Waals surface area contributed by atoms with Gasteiger partial charge in [-0.3, -0.25) is 9.80 Å². The number of fused-ring (bicyclic) bond motifs is 1. The summed E-state index contributed by atoms with van der Waals surface area (Å²) in [5.41, 5.74) is 1.17. The van der Waals surface area contributed by atoms with Crippen molar-refractivity contribution in [1.29, 1.82) is 0 Å². The Morgan fingerprint density at radius 3 is 3.12 bits per heavy atom. The van der Waals surface area contributed by atoms with Crippen LogP contribution in [0.25, 0.3) is 0 Å². The summed E-state index contributed by atoms with van der Waals surface area (Å²) in [6.45, 7) is 8.19. The van der Waals surface area contributed by atoms with Gasteiger partial charge in [-0.15, -0.1) is 11.3 Å². The van der Waals surface area contributed by atoms with Gasteiger partial charge in [0.05, 0.1) is 6.54 Å². The molecule has 0 radical (unpaired) electrons. The van der Waals surface area contributed by atoms with Crippen LogP contribution in [0, 0.1) is 6.92 Å². The lowest BCUT2D eigenvalue weighted by Gasteiger charge is -2.43. The molecule has 0 saturated carbocycles. The highest BCUT2D eigenvalue weighted by Gasteiger charge is 2.28. The Morgan fingerprint density at radius 2 is 2.29 bits per heavy atom. The molecule has 0 aromatic carbocycles. The molecule has 2 fully saturated rings. The Bertz CT molecular complexity index is 376. The van der Waals surface area contributed by atoms with E-state index in [1.165, 1.54) is 56.1 Å². The summed E-state index contributed by atoms with van der Waals surface area (Å²) in [5, 5.41) is 3.44. The molecular formula is C13H21N3S. The minimum absolute atomic E-state index is 0.818. The van der Waals surface area contributed by atoms with E-state index in [0.717, 1.165) is 12.6 Å². The molecule has 2 saturated heterocycles. The van der Waals surface area contributed by atoms with Crippen LogP contribution in [0.5, 0.6) is 0 Å². The molecule has 2 aliphatic rings. The summed E-state index contributed by atoms with van der Waals surface area (Å²) in [6.07, 6.45) is 4.22. The van der Waals surface area contributed by atoms with Gasteiger partial charge < -0.3 is 0 Å². The van der Waals surface area contributed by atoms with Gasteiger partial charge in [0.25, 0.3) is 0 Å². The van der Waals surface area contributed by atoms with Crippen LogP contribution in [-0.2, 0) is 6.54 Å². The molecule has 1 atom stereocenters. The zero-order valence-corrected chi connectivity index (χ0v) is 11.4. The van der Waals surface area contributed by atoms with Crippen LogP contribution in [-0.4, -0.2) is 47.0 Å². The molecule has 1 aromatic heterocycles. The number of nitrogens with zero attached hydrogens (tertiary/aromatic N) is 3. The summed E-state index contributed by atoms with van der Waals surface area (Å²) in [4.78, 5) is 9.85. The van der Waals surface area contributed by atoms with Crippen LogP contribution in [0.3, 0.4) is 0 Å². The lowest BCUT2D eigenvalue weighted by atomic mass is 9.99. The van der Waals surface area contributed by atoms with Crippen LogP contribution < -0.4 is 0 Å². The third kappa shape index (κ3) is 2.69. The summed E-state index contributed by atoms with van der Waals surface area (Å²) >= 11 is 1.81. The topological polar surface area (TPSA) is 19.4 Å². The normalized spacial score (nSPS) is 27.0. The van der Waals surface area contributed by atoms with Crippen LogP contribution in [0.2, 0.25) is 0 Å². The Morgan fingerprint density at radius 1 is 1.35 bits per heavy atom. The first kappa shape index (κ1) is 11.6. The van der Waals surface area contributed by atoms with Crippen molar-refractivity contribution >= 4 is 11.3 Å². The van der Waals surface area contributed by atoms with E-state index in [0.29, 0.717) is 0 Å². The van der Waals surface area contributed by atoms with Gasteiger partial charge in [-0.05, 0) is 26.3 Å². The third-order valence-corrected chi connectivity index (χ3v) is 4.90. The van der Waals surface area contributed by atoms with E-state index >= 15 is 0 Å². The number of aromatic nitrogens is 1. The van der Waals surface area contributed by atoms with E-state index in [-0.39, 0.29) is 0 Å².